The van der Waals surface area contributed by atoms with Crippen LogP contribution in [0.2, 0.25) is 5.02 Å². The molecule has 0 unspecified atom stereocenters. The van der Waals surface area contributed by atoms with Crippen molar-refractivity contribution in [2.45, 2.75) is 24.8 Å². The maximum absolute atomic E-state index is 12.2. The fourth-order valence-electron chi connectivity index (χ4n) is 2.40. The van der Waals surface area contributed by atoms with Crippen LogP contribution in [-0.2, 0) is 19.4 Å². The van der Waals surface area contributed by atoms with Gasteiger partial charge >= 0.3 is 5.97 Å². The largest absolute Gasteiger partial charge is 0.452 e. The number of carbonyl (C=O) groups is 2. The van der Waals surface area contributed by atoms with E-state index < -0.39 is 28.3 Å². The van der Waals surface area contributed by atoms with Gasteiger partial charge in [-0.2, -0.15) is 0 Å². The minimum Gasteiger partial charge on any atom is -0.452 e. The van der Waals surface area contributed by atoms with E-state index in [1.807, 2.05) is 6.07 Å². The minimum atomic E-state index is -3.45. The average Bonchev–Trinajstić information content (AvgIpc) is 2.59. The lowest BCUT2D eigenvalue weighted by Crippen LogP contribution is -2.31. The standard InChI is InChI=1S/C19H20ClNO5S/c1-12-7-8-16(27(3,24)25)10-17(12)19(23)26-11-18(22)21-13(2)14-5-4-6-15(20)9-14/h4-10,13H,11H2,1-3H3,(H,21,22)/t13-/m0/s1. The van der Waals surface area contributed by atoms with Crippen molar-refractivity contribution in [3.8, 4) is 0 Å². The summed E-state index contributed by atoms with van der Waals surface area (Å²) in [6, 6.07) is 10.9. The molecule has 0 fully saturated rings. The molecule has 0 aromatic heterocycles. The van der Waals surface area contributed by atoms with Crippen LogP contribution >= 0.6 is 11.6 Å². The molecule has 2 aromatic carbocycles. The van der Waals surface area contributed by atoms with E-state index in [4.69, 9.17) is 16.3 Å². The van der Waals surface area contributed by atoms with E-state index in [0.717, 1.165) is 11.8 Å². The molecule has 0 spiro atoms. The molecule has 8 heteroatoms. The Balaban J connectivity index is 2.00. The van der Waals surface area contributed by atoms with Crippen LogP contribution in [0.15, 0.2) is 47.4 Å². The Labute approximate surface area is 163 Å². The second kappa shape index (κ2) is 8.54. The molecule has 0 aliphatic carbocycles. The van der Waals surface area contributed by atoms with Gasteiger partial charge < -0.3 is 10.1 Å². The Hall–Kier alpha value is -2.38. The first kappa shape index (κ1) is 20.9. The number of esters is 1. The Morgan fingerprint density at radius 1 is 1.19 bits per heavy atom. The summed E-state index contributed by atoms with van der Waals surface area (Å²) < 4.78 is 28.3. The van der Waals surface area contributed by atoms with Crippen molar-refractivity contribution < 1.29 is 22.7 Å². The van der Waals surface area contributed by atoms with Gasteiger partial charge in [-0.25, -0.2) is 13.2 Å². The summed E-state index contributed by atoms with van der Waals surface area (Å²) in [5.41, 5.74) is 1.48. The van der Waals surface area contributed by atoms with Crippen LogP contribution in [0.4, 0.5) is 0 Å². The highest BCUT2D eigenvalue weighted by Crippen LogP contribution is 2.18. The average molecular weight is 410 g/mol. The molecule has 0 aliphatic rings. The van der Waals surface area contributed by atoms with Crippen molar-refractivity contribution in [1.29, 1.82) is 0 Å². The Kier molecular flexibility index (Phi) is 6.62. The summed E-state index contributed by atoms with van der Waals surface area (Å²) in [6.45, 7) is 2.96. The van der Waals surface area contributed by atoms with E-state index in [0.29, 0.717) is 10.6 Å². The molecular weight excluding hydrogens is 390 g/mol. The van der Waals surface area contributed by atoms with Crippen LogP contribution in [0.3, 0.4) is 0 Å². The third-order valence-electron chi connectivity index (χ3n) is 3.92. The van der Waals surface area contributed by atoms with Gasteiger partial charge in [-0.1, -0.05) is 29.8 Å². The number of amides is 1. The summed E-state index contributed by atoms with van der Waals surface area (Å²) in [5, 5.41) is 3.27. The Morgan fingerprint density at radius 3 is 2.52 bits per heavy atom. The van der Waals surface area contributed by atoms with Gasteiger partial charge in [0, 0.05) is 11.3 Å². The highest BCUT2D eigenvalue weighted by atomic mass is 35.5. The van der Waals surface area contributed by atoms with Gasteiger partial charge in [0.1, 0.15) is 0 Å². The number of hydrogen-bond acceptors (Lipinski definition) is 5. The molecule has 6 nitrogen and oxygen atoms in total. The number of rotatable bonds is 6. The molecule has 2 rings (SSSR count). The highest BCUT2D eigenvalue weighted by molar-refractivity contribution is 7.90. The molecule has 1 atom stereocenters. The monoisotopic (exact) mass is 409 g/mol. The summed E-state index contributed by atoms with van der Waals surface area (Å²) in [7, 11) is -3.45. The molecule has 0 aliphatic heterocycles. The quantitative estimate of drug-likeness (QED) is 0.740. The van der Waals surface area contributed by atoms with Crippen molar-refractivity contribution in [3.05, 3.63) is 64.2 Å². The topological polar surface area (TPSA) is 89.5 Å². The minimum absolute atomic E-state index is 0.0130. The molecule has 27 heavy (non-hydrogen) atoms. The lowest BCUT2D eigenvalue weighted by atomic mass is 10.1. The SMILES string of the molecule is Cc1ccc(S(C)(=O)=O)cc1C(=O)OCC(=O)N[C@@H](C)c1cccc(Cl)c1. The van der Waals surface area contributed by atoms with Crippen molar-refractivity contribution >= 4 is 33.3 Å². The summed E-state index contributed by atoms with van der Waals surface area (Å²) in [6.07, 6.45) is 1.05. The van der Waals surface area contributed by atoms with Crippen LogP contribution in [-0.4, -0.2) is 33.2 Å². The van der Waals surface area contributed by atoms with E-state index in [1.165, 1.54) is 18.2 Å². The van der Waals surface area contributed by atoms with Crippen molar-refractivity contribution in [2.24, 2.45) is 0 Å². The zero-order valence-electron chi connectivity index (χ0n) is 15.2. The van der Waals surface area contributed by atoms with Crippen LogP contribution in [0.5, 0.6) is 0 Å². The second-order valence-corrected chi connectivity index (χ2v) is 8.62. The molecule has 0 saturated carbocycles. The van der Waals surface area contributed by atoms with Gasteiger partial charge in [0.25, 0.3) is 5.91 Å². The number of halogens is 1. The summed E-state index contributed by atoms with van der Waals surface area (Å²) in [5.74, 6) is -1.24. The van der Waals surface area contributed by atoms with Crippen LogP contribution in [0.25, 0.3) is 0 Å². The molecule has 1 N–H and O–H groups in total. The normalized spacial score (nSPS) is 12.3. The first-order chi connectivity index (χ1) is 12.6. The van der Waals surface area contributed by atoms with Crippen LogP contribution < -0.4 is 5.32 Å². The van der Waals surface area contributed by atoms with Gasteiger partial charge in [0.05, 0.1) is 16.5 Å². The number of sulfone groups is 1. The fourth-order valence-corrected chi connectivity index (χ4v) is 3.25. The smallest absolute Gasteiger partial charge is 0.338 e. The predicted molar refractivity (Wildman–Crippen MR) is 103 cm³/mol. The van der Waals surface area contributed by atoms with Gasteiger partial charge in [-0.05, 0) is 49.2 Å². The molecule has 2 aromatic rings. The van der Waals surface area contributed by atoms with Crippen LogP contribution in [0.1, 0.15) is 34.5 Å². The third-order valence-corrected chi connectivity index (χ3v) is 5.26. The number of aryl methyl sites for hydroxylation is 1. The van der Waals surface area contributed by atoms with Gasteiger partial charge in [0.15, 0.2) is 16.4 Å². The van der Waals surface area contributed by atoms with Crippen molar-refractivity contribution in [3.63, 3.8) is 0 Å². The first-order valence-corrected chi connectivity index (χ1v) is 10.4. The predicted octanol–water partition coefficient (Wildman–Crippen LogP) is 3.09. The van der Waals surface area contributed by atoms with Crippen LogP contribution in [0, 0.1) is 6.92 Å². The molecule has 144 valence electrons. The summed E-state index contributed by atoms with van der Waals surface area (Å²) >= 11 is 5.93. The molecular formula is C19H20ClNO5S. The maximum atomic E-state index is 12.2. The van der Waals surface area contributed by atoms with E-state index in [2.05, 4.69) is 5.32 Å². The first-order valence-electron chi connectivity index (χ1n) is 8.10. The van der Waals surface area contributed by atoms with E-state index in [1.54, 1.807) is 32.0 Å². The lowest BCUT2D eigenvalue weighted by Gasteiger charge is -2.15. The molecule has 0 radical (unpaired) electrons. The highest BCUT2D eigenvalue weighted by Gasteiger charge is 2.17. The number of ether oxygens (including phenoxy) is 1. The third kappa shape index (κ3) is 5.80. The van der Waals surface area contributed by atoms with Gasteiger partial charge in [-0.15, -0.1) is 0 Å². The number of benzene rings is 2. The summed E-state index contributed by atoms with van der Waals surface area (Å²) in [4.78, 5) is 24.3. The molecule has 0 heterocycles. The number of carbonyl (C=O) groups excluding carboxylic acids is 2. The Bertz CT molecular complexity index is 972. The zero-order chi connectivity index (χ0) is 20.2. The van der Waals surface area contributed by atoms with E-state index >= 15 is 0 Å². The zero-order valence-corrected chi connectivity index (χ0v) is 16.7. The second-order valence-electron chi connectivity index (χ2n) is 6.17. The molecule has 1 amide bonds. The van der Waals surface area contributed by atoms with Gasteiger partial charge in [0.2, 0.25) is 0 Å². The molecule has 0 bridgehead atoms. The molecule has 0 saturated heterocycles. The lowest BCUT2D eigenvalue weighted by molar-refractivity contribution is -0.124. The van der Waals surface area contributed by atoms with E-state index in [-0.39, 0.29) is 16.5 Å². The van der Waals surface area contributed by atoms with Crippen molar-refractivity contribution in [1.82, 2.24) is 5.32 Å². The fraction of sp³-hybridized carbons (Fsp3) is 0.263. The number of nitrogens with one attached hydrogen (secondary N) is 1. The van der Waals surface area contributed by atoms with Gasteiger partial charge in [-0.3, -0.25) is 4.79 Å². The van der Waals surface area contributed by atoms with E-state index in [9.17, 15) is 18.0 Å². The van der Waals surface area contributed by atoms with Crippen molar-refractivity contribution in [2.75, 3.05) is 12.9 Å². The maximum Gasteiger partial charge on any atom is 0.338 e. The Morgan fingerprint density at radius 2 is 1.89 bits per heavy atom. The number of hydrogen-bond donors (Lipinski definition) is 1.